The number of fused-ring (bicyclic) bond motifs is 1. The molecule has 190 valence electrons. The number of nitrogens with one attached hydrogen (secondary N) is 2. The monoisotopic (exact) mass is 517 g/mol. The lowest BCUT2D eigenvalue weighted by molar-refractivity contribution is -0.155. The number of rotatable bonds is 7. The Morgan fingerprint density at radius 3 is 2.46 bits per heavy atom. The van der Waals surface area contributed by atoms with Crippen molar-refractivity contribution in [2.75, 3.05) is 0 Å². The summed E-state index contributed by atoms with van der Waals surface area (Å²) in [4.78, 5) is 35.6. The molecule has 37 heavy (non-hydrogen) atoms. The quantitative estimate of drug-likeness (QED) is 0.368. The van der Waals surface area contributed by atoms with Crippen molar-refractivity contribution in [2.45, 2.75) is 62.7 Å². The van der Waals surface area contributed by atoms with Gasteiger partial charge in [0.25, 0.3) is 17.2 Å². The summed E-state index contributed by atoms with van der Waals surface area (Å²) in [6.45, 7) is 0.0474. The van der Waals surface area contributed by atoms with E-state index in [1.54, 1.807) is 0 Å². The van der Waals surface area contributed by atoms with Gasteiger partial charge in [-0.15, -0.1) is 0 Å². The standard InChI is InChI=1S/C28H28ClN5O3/c29-22-12-6-5-11-21(22)27(15-16-27)32-25(36)28(13-7-2-8-14-28)37-18-20-17-23(35)34-26(30-20)31-24(33-34)19-9-3-1-4-10-19/h1,3-6,9-12,17H,2,7-8,13-16,18H2,(H,32,36)(H,30,31,33). The van der Waals surface area contributed by atoms with E-state index in [9.17, 15) is 9.59 Å². The van der Waals surface area contributed by atoms with Crippen LogP contribution in [0.25, 0.3) is 17.2 Å². The summed E-state index contributed by atoms with van der Waals surface area (Å²) in [5.74, 6) is 0.706. The summed E-state index contributed by atoms with van der Waals surface area (Å²) < 4.78 is 7.67. The van der Waals surface area contributed by atoms with E-state index in [1.165, 1.54) is 10.6 Å². The molecule has 2 aliphatic carbocycles. The highest BCUT2D eigenvalue weighted by molar-refractivity contribution is 6.31. The second kappa shape index (κ2) is 9.43. The first kappa shape index (κ1) is 23.9. The highest BCUT2D eigenvalue weighted by Gasteiger charge is 2.51. The number of H-pyrrole nitrogens is 1. The minimum atomic E-state index is -0.970. The Morgan fingerprint density at radius 2 is 1.73 bits per heavy atom. The average molecular weight is 518 g/mol. The van der Waals surface area contributed by atoms with Gasteiger partial charge in [-0.2, -0.15) is 9.50 Å². The lowest BCUT2D eigenvalue weighted by Gasteiger charge is -2.37. The van der Waals surface area contributed by atoms with E-state index in [1.807, 2.05) is 54.6 Å². The minimum absolute atomic E-state index is 0.0474. The average Bonchev–Trinajstić information content (AvgIpc) is 3.56. The van der Waals surface area contributed by atoms with E-state index in [0.717, 1.165) is 43.2 Å². The molecule has 0 radical (unpaired) electrons. The largest absolute Gasteiger partial charge is 0.359 e. The maximum absolute atomic E-state index is 13.7. The van der Waals surface area contributed by atoms with Crippen LogP contribution in [0.5, 0.6) is 0 Å². The fourth-order valence-corrected chi connectivity index (χ4v) is 5.58. The normalized spacial score (nSPS) is 18.0. The maximum Gasteiger partial charge on any atom is 0.274 e. The van der Waals surface area contributed by atoms with Crippen molar-refractivity contribution >= 4 is 23.3 Å². The Balaban J connectivity index is 1.24. The van der Waals surface area contributed by atoms with Crippen molar-refractivity contribution < 1.29 is 9.53 Å². The molecule has 0 unspecified atom stereocenters. The molecule has 0 aliphatic heterocycles. The van der Waals surface area contributed by atoms with Crippen molar-refractivity contribution in [3.8, 4) is 11.4 Å². The van der Waals surface area contributed by atoms with Gasteiger partial charge in [-0.25, -0.2) is 4.98 Å². The number of hydrogen-bond donors (Lipinski definition) is 2. The van der Waals surface area contributed by atoms with E-state index >= 15 is 0 Å². The molecule has 6 rings (SSSR count). The summed E-state index contributed by atoms with van der Waals surface area (Å²) in [5, 5.41) is 6.95. The van der Waals surface area contributed by atoms with Crippen LogP contribution in [-0.4, -0.2) is 31.1 Å². The molecular weight excluding hydrogens is 490 g/mol. The zero-order valence-corrected chi connectivity index (χ0v) is 21.1. The molecule has 9 heteroatoms. The van der Waals surface area contributed by atoms with Crippen molar-refractivity contribution in [3.63, 3.8) is 0 Å². The van der Waals surface area contributed by atoms with Crippen LogP contribution in [0.1, 0.15) is 56.2 Å². The Hall–Kier alpha value is -3.49. The van der Waals surface area contributed by atoms with Crippen LogP contribution in [0.15, 0.2) is 65.5 Å². The predicted molar refractivity (Wildman–Crippen MR) is 140 cm³/mol. The molecule has 4 aromatic rings. The van der Waals surface area contributed by atoms with Gasteiger partial charge in [0.15, 0.2) is 5.82 Å². The smallest absolute Gasteiger partial charge is 0.274 e. The van der Waals surface area contributed by atoms with Gasteiger partial charge >= 0.3 is 0 Å². The molecule has 2 aromatic heterocycles. The zero-order chi connectivity index (χ0) is 25.5. The first-order chi connectivity index (χ1) is 18.0. The Kier molecular flexibility index (Phi) is 6.09. The summed E-state index contributed by atoms with van der Waals surface area (Å²) in [6.07, 6.45) is 5.81. The van der Waals surface area contributed by atoms with Crippen LogP contribution in [-0.2, 0) is 21.7 Å². The number of halogens is 1. The van der Waals surface area contributed by atoms with E-state index in [4.69, 9.17) is 16.3 Å². The number of amides is 1. The molecule has 8 nitrogen and oxygen atoms in total. The number of nitrogens with zero attached hydrogens (tertiary/aromatic N) is 3. The number of benzene rings is 2. The van der Waals surface area contributed by atoms with Gasteiger partial charge < -0.3 is 10.1 Å². The van der Waals surface area contributed by atoms with Gasteiger partial charge in [0.1, 0.15) is 5.60 Å². The zero-order valence-electron chi connectivity index (χ0n) is 20.4. The van der Waals surface area contributed by atoms with Crippen LogP contribution < -0.4 is 10.9 Å². The van der Waals surface area contributed by atoms with Gasteiger partial charge in [0, 0.05) is 16.7 Å². The molecule has 2 N–H and O–H groups in total. The van der Waals surface area contributed by atoms with Gasteiger partial charge in [0.2, 0.25) is 0 Å². The third kappa shape index (κ3) is 4.55. The van der Waals surface area contributed by atoms with E-state index in [-0.39, 0.29) is 23.9 Å². The van der Waals surface area contributed by atoms with Gasteiger partial charge in [0.05, 0.1) is 17.8 Å². The molecular formula is C28H28ClN5O3. The highest BCUT2D eigenvalue weighted by Crippen LogP contribution is 2.49. The van der Waals surface area contributed by atoms with Gasteiger partial charge in [-0.1, -0.05) is 79.4 Å². The second-order valence-electron chi connectivity index (χ2n) is 10.0. The number of hydrogen-bond acceptors (Lipinski definition) is 5. The summed E-state index contributed by atoms with van der Waals surface area (Å²) in [7, 11) is 0. The number of aromatic amines is 1. The molecule has 0 saturated heterocycles. The first-order valence-corrected chi connectivity index (χ1v) is 13.1. The third-order valence-corrected chi connectivity index (χ3v) is 7.82. The fourth-order valence-electron chi connectivity index (χ4n) is 5.27. The van der Waals surface area contributed by atoms with Crippen molar-refractivity contribution in [3.05, 3.63) is 87.3 Å². The molecule has 2 aromatic carbocycles. The number of ether oxygens (including phenoxy) is 1. The Bertz CT molecular complexity index is 1500. The summed E-state index contributed by atoms with van der Waals surface area (Å²) in [5.41, 5.74) is 0.557. The van der Waals surface area contributed by atoms with Crippen LogP contribution in [0.3, 0.4) is 0 Å². The molecule has 2 aliphatic rings. The van der Waals surface area contributed by atoms with Crippen LogP contribution >= 0.6 is 11.6 Å². The molecule has 2 fully saturated rings. The number of carbonyl (C=O) groups excluding carboxylic acids is 1. The summed E-state index contributed by atoms with van der Waals surface area (Å²) in [6, 6.07) is 18.7. The maximum atomic E-state index is 13.7. The third-order valence-electron chi connectivity index (χ3n) is 7.49. The SMILES string of the molecule is O=C(NC1(c2ccccc2Cl)CC1)C1(OCc2cc(=O)n3[nH]c(-c4ccccc4)nc3n2)CCCCC1. The molecule has 0 bridgehead atoms. The molecule has 2 saturated carbocycles. The first-order valence-electron chi connectivity index (χ1n) is 12.7. The summed E-state index contributed by atoms with van der Waals surface area (Å²) >= 11 is 6.47. The number of carbonyl (C=O) groups is 1. The molecule has 0 spiro atoms. The van der Waals surface area contributed by atoms with Crippen LogP contribution in [0, 0.1) is 0 Å². The second-order valence-corrected chi connectivity index (χ2v) is 10.4. The minimum Gasteiger partial charge on any atom is -0.359 e. The van der Waals surface area contributed by atoms with Crippen molar-refractivity contribution in [2.24, 2.45) is 0 Å². The lowest BCUT2D eigenvalue weighted by atomic mass is 9.83. The molecule has 0 atom stereocenters. The van der Waals surface area contributed by atoms with E-state index in [0.29, 0.717) is 29.4 Å². The van der Waals surface area contributed by atoms with Gasteiger partial charge in [-0.05, 0) is 37.3 Å². The predicted octanol–water partition coefficient (Wildman–Crippen LogP) is 4.76. The highest BCUT2D eigenvalue weighted by atomic mass is 35.5. The van der Waals surface area contributed by atoms with Crippen molar-refractivity contribution in [1.29, 1.82) is 0 Å². The lowest BCUT2D eigenvalue weighted by Crippen LogP contribution is -2.53. The topological polar surface area (TPSA) is 101 Å². The molecule has 1 amide bonds. The Labute approximate surface area is 219 Å². The van der Waals surface area contributed by atoms with Crippen LogP contribution in [0.4, 0.5) is 0 Å². The van der Waals surface area contributed by atoms with E-state index < -0.39 is 11.1 Å². The fraction of sp³-hybridized carbons (Fsp3) is 0.357. The Morgan fingerprint density at radius 1 is 1.00 bits per heavy atom. The van der Waals surface area contributed by atoms with Crippen molar-refractivity contribution in [1.82, 2.24) is 24.9 Å². The van der Waals surface area contributed by atoms with Crippen LogP contribution in [0.2, 0.25) is 5.02 Å². The van der Waals surface area contributed by atoms with E-state index in [2.05, 4.69) is 20.4 Å². The number of aromatic nitrogens is 4. The molecule has 2 heterocycles. The van der Waals surface area contributed by atoms with Gasteiger partial charge in [-0.3, -0.25) is 14.7 Å².